The van der Waals surface area contributed by atoms with Crippen LogP contribution in [0.2, 0.25) is 0 Å². The molecule has 0 atom stereocenters. The van der Waals surface area contributed by atoms with Gasteiger partial charge in [-0.3, -0.25) is 14.3 Å². The fraction of sp³-hybridized carbons (Fsp3) is 0.273. The van der Waals surface area contributed by atoms with Crippen LogP contribution in [0.4, 0.5) is 0 Å². The van der Waals surface area contributed by atoms with Gasteiger partial charge in [0.1, 0.15) is 0 Å². The van der Waals surface area contributed by atoms with Crippen LogP contribution in [0, 0.1) is 29.6 Å². The highest BCUT2D eigenvalue weighted by Gasteiger charge is 2.20. The monoisotopic (exact) mass is 431 g/mol. The quantitative estimate of drug-likeness (QED) is 0.477. The fourth-order valence-corrected chi connectivity index (χ4v) is 3.88. The molecule has 0 N–H and O–H groups in total. The number of pyridine rings is 1. The zero-order valence-corrected chi connectivity index (χ0v) is 17.9. The van der Waals surface area contributed by atoms with E-state index in [1.807, 2.05) is 60.0 Å². The van der Waals surface area contributed by atoms with E-state index in [-0.39, 0.29) is 24.5 Å². The lowest BCUT2D eigenvalue weighted by molar-refractivity contribution is -0.128. The van der Waals surface area contributed by atoms with Crippen LogP contribution in [0.1, 0.15) is 18.4 Å². The van der Waals surface area contributed by atoms with Gasteiger partial charge in [-0.15, -0.1) is 10.2 Å². The summed E-state index contributed by atoms with van der Waals surface area (Å²) in [7, 11) is 0. The third kappa shape index (κ3) is 5.47. The summed E-state index contributed by atoms with van der Waals surface area (Å²) in [5, 5.41) is 27.0. The van der Waals surface area contributed by atoms with Crippen LogP contribution in [-0.2, 0) is 4.79 Å². The molecule has 8 nitrogen and oxygen atoms in total. The Kier molecular flexibility index (Phi) is 7.74. The van der Waals surface area contributed by atoms with Crippen molar-refractivity contribution >= 4 is 17.7 Å². The number of aryl methyl sites for hydroxylation is 1. The smallest absolute Gasteiger partial charge is 0.233 e. The van der Waals surface area contributed by atoms with E-state index in [2.05, 4.69) is 15.2 Å². The molecule has 156 valence electrons. The number of carbonyl (C=O) groups is 1. The van der Waals surface area contributed by atoms with E-state index in [0.29, 0.717) is 24.1 Å². The van der Waals surface area contributed by atoms with Gasteiger partial charge in [0.2, 0.25) is 5.91 Å². The van der Waals surface area contributed by atoms with E-state index in [0.717, 1.165) is 16.8 Å². The lowest BCUT2D eigenvalue weighted by Crippen LogP contribution is -2.34. The first kappa shape index (κ1) is 22.0. The number of aromatic nitrogens is 4. The molecule has 0 radical (unpaired) electrons. The second kappa shape index (κ2) is 10.9. The zero-order valence-electron chi connectivity index (χ0n) is 17.1. The number of amides is 1. The van der Waals surface area contributed by atoms with Crippen molar-refractivity contribution in [3.63, 3.8) is 0 Å². The number of para-hydroxylation sites is 1. The number of thioether (sulfide) groups is 1. The molecule has 0 fully saturated rings. The minimum absolute atomic E-state index is 0.136. The fourth-order valence-electron chi connectivity index (χ4n) is 3.03. The first-order chi connectivity index (χ1) is 15.2. The summed E-state index contributed by atoms with van der Waals surface area (Å²) in [6.07, 6.45) is 3.86. The Labute approximate surface area is 185 Å². The number of hydrogen-bond donors (Lipinski definition) is 0. The summed E-state index contributed by atoms with van der Waals surface area (Å²) in [6.45, 7) is 2.63. The van der Waals surface area contributed by atoms with Crippen molar-refractivity contribution in [3.05, 3.63) is 54.4 Å². The van der Waals surface area contributed by atoms with Crippen LogP contribution >= 0.6 is 11.8 Å². The van der Waals surface area contributed by atoms with Gasteiger partial charge in [-0.1, -0.05) is 30.0 Å². The molecular weight excluding hydrogens is 410 g/mol. The predicted molar refractivity (Wildman–Crippen MR) is 117 cm³/mol. The van der Waals surface area contributed by atoms with Gasteiger partial charge < -0.3 is 4.90 Å². The molecule has 1 aromatic carbocycles. The summed E-state index contributed by atoms with van der Waals surface area (Å²) in [5.74, 6) is 0.662. The number of nitrogens with zero attached hydrogens (tertiary/aromatic N) is 7. The van der Waals surface area contributed by atoms with Gasteiger partial charge >= 0.3 is 0 Å². The van der Waals surface area contributed by atoms with Gasteiger partial charge in [-0.2, -0.15) is 10.5 Å². The van der Waals surface area contributed by atoms with E-state index in [4.69, 9.17) is 10.5 Å². The average Bonchev–Trinajstić information content (AvgIpc) is 3.22. The maximum Gasteiger partial charge on any atom is 0.233 e. The van der Waals surface area contributed by atoms with Gasteiger partial charge in [0.05, 0.1) is 36.4 Å². The minimum atomic E-state index is -0.139. The third-order valence-electron chi connectivity index (χ3n) is 4.59. The summed E-state index contributed by atoms with van der Waals surface area (Å²) < 4.78 is 1.94. The molecule has 0 bridgehead atoms. The van der Waals surface area contributed by atoms with Gasteiger partial charge in [-0.05, 0) is 30.7 Å². The average molecular weight is 432 g/mol. The van der Waals surface area contributed by atoms with Crippen molar-refractivity contribution in [1.82, 2.24) is 24.6 Å². The Bertz CT molecular complexity index is 1100. The lowest BCUT2D eigenvalue weighted by atomic mass is 10.2. The summed E-state index contributed by atoms with van der Waals surface area (Å²) in [4.78, 5) is 18.4. The van der Waals surface area contributed by atoms with Gasteiger partial charge in [0, 0.05) is 31.0 Å². The van der Waals surface area contributed by atoms with Crippen LogP contribution in [0.25, 0.3) is 17.1 Å². The van der Waals surface area contributed by atoms with Gasteiger partial charge in [0.25, 0.3) is 0 Å². The second-order valence-electron chi connectivity index (χ2n) is 6.65. The highest BCUT2D eigenvalue weighted by atomic mass is 32.2. The van der Waals surface area contributed by atoms with E-state index in [9.17, 15) is 4.79 Å². The van der Waals surface area contributed by atoms with Crippen molar-refractivity contribution < 1.29 is 4.79 Å². The zero-order chi connectivity index (χ0) is 22.1. The first-order valence-corrected chi connectivity index (χ1v) is 10.7. The molecule has 0 unspecified atom stereocenters. The molecule has 3 rings (SSSR count). The molecule has 0 aliphatic carbocycles. The molecule has 9 heteroatoms. The Hall–Kier alpha value is -3.69. The first-order valence-electron chi connectivity index (χ1n) is 9.72. The molecule has 0 aliphatic heterocycles. The largest absolute Gasteiger partial charge is 0.340 e. The molecule has 0 saturated heterocycles. The Morgan fingerprint density at radius 1 is 1.06 bits per heavy atom. The molecule has 0 spiro atoms. The van der Waals surface area contributed by atoms with E-state index in [1.165, 1.54) is 11.8 Å². The normalized spacial score (nSPS) is 10.3. The Morgan fingerprint density at radius 3 is 2.39 bits per heavy atom. The van der Waals surface area contributed by atoms with E-state index in [1.54, 1.807) is 17.3 Å². The molecular formula is C22H21N7OS. The number of benzene rings is 1. The topological polar surface area (TPSA) is 111 Å². The van der Waals surface area contributed by atoms with Gasteiger partial charge in [0.15, 0.2) is 11.0 Å². The standard InChI is InChI=1S/C22H21N7OS/c1-17-6-2-3-7-19(17)29-21(18-8-12-25-13-9-18)26-27-22(29)31-16-20(30)28(14-4-10-23)15-5-11-24/h2-3,6-9,12-13H,4-5,14-16H2,1H3. The third-order valence-corrected chi connectivity index (χ3v) is 5.51. The predicted octanol–water partition coefficient (Wildman–Crippen LogP) is 3.39. The maximum atomic E-state index is 12.7. The number of carbonyl (C=O) groups excluding carboxylic acids is 1. The van der Waals surface area contributed by atoms with Crippen molar-refractivity contribution in [2.45, 2.75) is 24.9 Å². The van der Waals surface area contributed by atoms with Crippen molar-refractivity contribution in [2.24, 2.45) is 0 Å². The maximum absolute atomic E-state index is 12.7. The van der Waals surface area contributed by atoms with Gasteiger partial charge in [-0.25, -0.2) is 0 Å². The number of nitriles is 2. The number of hydrogen-bond acceptors (Lipinski definition) is 7. The molecule has 0 aliphatic rings. The summed E-state index contributed by atoms with van der Waals surface area (Å²) in [6, 6.07) is 15.7. The van der Waals surface area contributed by atoms with Crippen molar-refractivity contribution in [3.8, 4) is 29.2 Å². The van der Waals surface area contributed by atoms with Crippen LogP contribution < -0.4 is 0 Å². The molecule has 1 amide bonds. The molecule has 2 heterocycles. The minimum Gasteiger partial charge on any atom is -0.340 e. The lowest BCUT2D eigenvalue weighted by Gasteiger charge is -2.20. The SMILES string of the molecule is Cc1ccccc1-n1c(SCC(=O)N(CCC#N)CCC#N)nnc1-c1ccncc1. The second-order valence-corrected chi connectivity index (χ2v) is 7.59. The van der Waals surface area contributed by atoms with Crippen molar-refractivity contribution in [1.29, 1.82) is 10.5 Å². The van der Waals surface area contributed by atoms with Crippen molar-refractivity contribution in [2.75, 3.05) is 18.8 Å². The van der Waals surface area contributed by atoms with Crippen LogP contribution in [0.5, 0.6) is 0 Å². The molecule has 2 aromatic heterocycles. The number of rotatable bonds is 9. The molecule has 0 saturated carbocycles. The summed E-state index contributed by atoms with van der Waals surface area (Å²) >= 11 is 1.29. The van der Waals surface area contributed by atoms with Crippen LogP contribution in [0.15, 0.2) is 53.9 Å². The van der Waals surface area contributed by atoms with E-state index < -0.39 is 0 Å². The highest BCUT2D eigenvalue weighted by molar-refractivity contribution is 7.99. The Balaban J connectivity index is 1.89. The summed E-state index contributed by atoms with van der Waals surface area (Å²) in [5.41, 5.74) is 2.85. The van der Waals surface area contributed by atoms with Crippen LogP contribution in [-0.4, -0.2) is 49.4 Å². The van der Waals surface area contributed by atoms with Crippen LogP contribution in [0.3, 0.4) is 0 Å². The van der Waals surface area contributed by atoms with E-state index >= 15 is 0 Å². The highest BCUT2D eigenvalue weighted by Crippen LogP contribution is 2.29. The Morgan fingerprint density at radius 2 is 1.74 bits per heavy atom. The molecule has 3 aromatic rings. The molecule has 31 heavy (non-hydrogen) atoms.